The molecule has 0 saturated carbocycles. The zero-order valence-electron chi connectivity index (χ0n) is 16.3. The number of aromatic nitrogens is 4. The SMILES string of the molecule is CCc1nnc(NC(=O)Cn2ncc(N3CCNCC3)cc2=O)s1.O=C(O)C(F)(F)F. The van der Waals surface area contributed by atoms with Gasteiger partial charge in [-0.25, -0.2) is 9.48 Å². The molecular formula is C16H20F3N7O4S. The van der Waals surface area contributed by atoms with Crippen molar-refractivity contribution < 1.29 is 27.9 Å². The number of carboxylic acid groups (broad SMARTS) is 1. The number of nitrogens with one attached hydrogen (secondary N) is 2. The summed E-state index contributed by atoms with van der Waals surface area (Å²) in [6, 6.07) is 1.52. The number of rotatable bonds is 5. The minimum absolute atomic E-state index is 0.151. The summed E-state index contributed by atoms with van der Waals surface area (Å²) in [6.07, 6.45) is -2.69. The van der Waals surface area contributed by atoms with Crippen molar-refractivity contribution >= 4 is 34.0 Å². The molecule has 1 fully saturated rings. The maximum atomic E-state index is 12.2. The Bertz CT molecular complexity index is 957. The second-order valence-corrected chi connectivity index (χ2v) is 7.21. The zero-order chi connectivity index (χ0) is 23.0. The van der Waals surface area contributed by atoms with E-state index in [-0.39, 0.29) is 18.0 Å². The Morgan fingerprint density at radius 2 is 1.94 bits per heavy atom. The molecule has 11 nitrogen and oxygen atoms in total. The highest BCUT2D eigenvalue weighted by Crippen LogP contribution is 2.15. The third-order valence-corrected chi connectivity index (χ3v) is 4.87. The average molecular weight is 463 g/mol. The lowest BCUT2D eigenvalue weighted by Crippen LogP contribution is -2.44. The largest absolute Gasteiger partial charge is 0.490 e. The number of hydrogen-bond acceptors (Lipinski definition) is 9. The number of aliphatic carboxylic acids is 1. The molecule has 1 saturated heterocycles. The van der Waals surface area contributed by atoms with Crippen molar-refractivity contribution in [1.82, 2.24) is 25.3 Å². The molecule has 2 aromatic heterocycles. The van der Waals surface area contributed by atoms with Gasteiger partial charge in [-0.3, -0.25) is 14.9 Å². The minimum Gasteiger partial charge on any atom is -0.475 e. The van der Waals surface area contributed by atoms with Gasteiger partial charge in [0.05, 0.1) is 11.9 Å². The van der Waals surface area contributed by atoms with Crippen LogP contribution < -0.4 is 21.1 Å². The highest BCUT2D eigenvalue weighted by atomic mass is 32.1. The smallest absolute Gasteiger partial charge is 0.475 e. The van der Waals surface area contributed by atoms with Gasteiger partial charge in [0.25, 0.3) is 5.56 Å². The Morgan fingerprint density at radius 3 is 2.45 bits per heavy atom. The van der Waals surface area contributed by atoms with Gasteiger partial charge in [0.1, 0.15) is 11.6 Å². The van der Waals surface area contributed by atoms with E-state index in [4.69, 9.17) is 9.90 Å². The van der Waals surface area contributed by atoms with Gasteiger partial charge in [0.2, 0.25) is 11.0 Å². The van der Waals surface area contributed by atoms with E-state index in [9.17, 15) is 22.8 Å². The van der Waals surface area contributed by atoms with Crippen LogP contribution in [-0.4, -0.2) is 69.3 Å². The van der Waals surface area contributed by atoms with Crippen molar-refractivity contribution in [3.05, 3.63) is 27.6 Å². The number of halogens is 3. The Kier molecular flexibility index (Phi) is 8.44. The molecule has 3 N–H and O–H groups in total. The summed E-state index contributed by atoms with van der Waals surface area (Å²) in [4.78, 5) is 35.2. The molecule has 0 aromatic carbocycles. The summed E-state index contributed by atoms with van der Waals surface area (Å²) in [5, 5.41) is 26.2. The number of piperazine rings is 1. The fourth-order valence-corrected chi connectivity index (χ4v) is 3.08. The first kappa shape index (κ1) is 24.2. The highest BCUT2D eigenvalue weighted by Gasteiger charge is 2.38. The molecule has 0 radical (unpaired) electrons. The van der Waals surface area contributed by atoms with Crippen LogP contribution in [0.15, 0.2) is 17.1 Å². The van der Waals surface area contributed by atoms with E-state index in [2.05, 4.69) is 30.8 Å². The summed E-state index contributed by atoms with van der Waals surface area (Å²) in [7, 11) is 0. The zero-order valence-corrected chi connectivity index (χ0v) is 17.2. The van der Waals surface area contributed by atoms with Crippen molar-refractivity contribution in [3.8, 4) is 0 Å². The lowest BCUT2D eigenvalue weighted by Gasteiger charge is -2.28. The molecule has 0 aliphatic carbocycles. The normalized spacial score (nSPS) is 13.9. The average Bonchev–Trinajstić information content (AvgIpc) is 3.17. The molecule has 3 heterocycles. The Morgan fingerprint density at radius 1 is 1.29 bits per heavy atom. The quantitative estimate of drug-likeness (QED) is 0.572. The van der Waals surface area contributed by atoms with Crippen molar-refractivity contribution in [1.29, 1.82) is 0 Å². The maximum absolute atomic E-state index is 12.2. The minimum atomic E-state index is -5.08. The van der Waals surface area contributed by atoms with Crippen molar-refractivity contribution in [2.45, 2.75) is 26.1 Å². The molecule has 1 amide bonds. The van der Waals surface area contributed by atoms with E-state index in [1.165, 1.54) is 17.4 Å². The molecule has 31 heavy (non-hydrogen) atoms. The fraction of sp³-hybridized carbons (Fsp3) is 0.500. The summed E-state index contributed by atoms with van der Waals surface area (Å²) < 4.78 is 32.9. The molecular weight excluding hydrogens is 443 g/mol. The van der Waals surface area contributed by atoms with Crippen LogP contribution in [0.5, 0.6) is 0 Å². The van der Waals surface area contributed by atoms with Gasteiger partial charge >= 0.3 is 12.1 Å². The third kappa shape index (κ3) is 7.60. The number of hydrogen-bond donors (Lipinski definition) is 3. The summed E-state index contributed by atoms with van der Waals surface area (Å²) in [5.74, 6) is -3.11. The number of carboxylic acids is 1. The molecule has 1 aliphatic rings. The van der Waals surface area contributed by atoms with Gasteiger partial charge in [-0.2, -0.15) is 18.3 Å². The number of nitrogens with zero attached hydrogens (tertiary/aromatic N) is 5. The topological polar surface area (TPSA) is 142 Å². The number of anilines is 2. The van der Waals surface area contributed by atoms with Crippen LogP contribution in [-0.2, 0) is 22.6 Å². The van der Waals surface area contributed by atoms with Gasteiger partial charge in [-0.05, 0) is 6.42 Å². The van der Waals surface area contributed by atoms with Gasteiger partial charge < -0.3 is 15.3 Å². The van der Waals surface area contributed by atoms with Crippen molar-refractivity contribution in [3.63, 3.8) is 0 Å². The molecule has 1 aliphatic heterocycles. The molecule has 2 aromatic rings. The molecule has 170 valence electrons. The number of carbonyl (C=O) groups excluding carboxylic acids is 1. The lowest BCUT2D eigenvalue weighted by molar-refractivity contribution is -0.192. The third-order valence-electron chi connectivity index (χ3n) is 3.89. The van der Waals surface area contributed by atoms with Crippen LogP contribution >= 0.6 is 11.3 Å². The first-order valence-electron chi connectivity index (χ1n) is 9.05. The number of carbonyl (C=O) groups is 2. The van der Waals surface area contributed by atoms with Crippen LogP contribution in [0.3, 0.4) is 0 Å². The first-order chi connectivity index (χ1) is 14.6. The number of alkyl halides is 3. The van der Waals surface area contributed by atoms with Crippen LogP contribution in [0.2, 0.25) is 0 Å². The van der Waals surface area contributed by atoms with Gasteiger partial charge in [-0.1, -0.05) is 18.3 Å². The van der Waals surface area contributed by atoms with Gasteiger partial charge in [0.15, 0.2) is 0 Å². The summed E-state index contributed by atoms with van der Waals surface area (Å²) in [6.45, 7) is 5.25. The second-order valence-electron chi connectivity index (χ2n) is 6.15. The van der Waals surface area contributed by atoms with E-state index in [1.807, 2.05) is 6.92 Å². The van der Waals surface area contributed by atoms with Gasteiger partial charge in [-0.15, -0.1) is 10.2 Å². The van der Waals surface area contributed by atoms with Crippen LogP contribution in [0.25, 0.3) is 0 Å². The van der Waals surface area contributed by atoms with E-state index >= 15 is 0 Å². The number of aryl methyl sites for hydroxylation is 1. The molecule has 15 heteroatoms. The molecule has 0 bridgehead atoms. The summed E-state index contributed by atoms with van der Waals surface area (Å²) in [5.41, 5.74) is 0.488. The molecule has 3 rings (SSSR count). The highest BCUT2D eigenvalue weighted by molar-refractivity contribution is 7.15. The fourth-order valence-electron chi connectivity index (χ4n) is 2.38. The van der Waals surface area contributed by atoms with Crippen LogP contribution in [0.4, 0.5) is 24.0 Å². The number of amides is 1. The second kappa shape index (κ2) is 10.8. The predicted molar refractivity (Wildman–Crippen MR) is 105 cm³/mol. The molecule has 0 spiro atoms. The summed E-state index contributed by atoms with van der Waals surface area (Å²) >= 11 is 1.32. The van der Waals surface area contributed by atoms with Crippen LogP contribution in [0.1, 0.15) is 11.9 Å². The first-order valence-corrected chi connectivity index (χ1v) is 9.87. The standard InChI is InChI=1S/C14H19N7O2S.C2HF3O2/c1-2-12-18-19-14(24-12)17-11(22)9-21-13(23)7-10(8-16-21)20-5-3-15-4-6-20;3-2(4,5)1(6)7/h7-8,15H,2-6,9H2,1H3,(H,17,19,22);(H,6,7). The van der Waals surface area contributed by atoms with Crippen LogP contribution in [0, 0.1) is 0 Å². The van der Waals surface area contributed by atoms with E-state index < -0.39 is 12.1 Å². The maximum Gasteiger partial charge on any atom is 0.490 e. The predicted octanol–water partition coefficient (Wildman–Crippen LogP) is 0.339. The van der Waals surface area contributed by atoms with Crippen molar-refractivity contribution in [2.24, 2.45) is 0 Å². The Hall–Kier alpha value is -3.07. The van der Waals surface area contributed by atoms with E-state index in [1.54, 1.807) is 6.20 Å². The molecule has 0 atom stereocenters. The Balaban J connectivity index is 0.000000423. The van der Waals surface area contributed by atoms with Crippen molar-refractivity contribution in [2.75, 3.05) is 36.4 Å². The van der Waals surface area contributed by atoms with Gasteiger partial charge in [0, 0.05) is 32.2 Å². The Labute approximate surface area is 177 Å². The van der Waals surface area contributed by atoms with E-state index in [0.29, 0.717) is 5.13 Å². The monoisotopic (exact) mass is 463 g/mol. The van der Waals surface area contributed by atoms with E-state index in [0.717, 1.165) is 48.0 Å². The lowest BCUT2D eigenvalue weighted by atomic mass is 10.3. The molecule has 0 unspecified atom stereocenters.